The summed E-state index contributed by atoms with van der Waals surface area (Å²) in [6.45, 7) is 1.83. The highest BCUT2D eigenvalue weighted by Crippen LogP contribution is 2.31. The number of thiocarbonyl (C=S) groups is 1. The summed E-state index contributed by atoms with van der Waals surface area (Å²) in [6, 6.07) is 8.40. The number of nitrogens with zero attached hydrogens (tertiary/aromatic N) is 1. The number of aromatic nitrogens is 1. The molecule has 0 atom stereocenters. The molecule has 6 heteroatoms. The smallest absolute Gasteiger partial charge is 0.220 e. The molecule has 0 aliphatic rings. The molecule has 0 fully saturated rings. The van der Waals surface area contributed by atoms with Crippen LogP contribution in [0.15, 0.2) is 30.3 Å². The minimum atomic E-state index is 0.285. The Hall–Kier alpha value is -1.36. The molecule has 0 spiro atoms. The molecule has 1 heterocycles. The maximum Gasteiger partial charge on any atom is 0.220 e. The van der Waals surface area contributed by atoms with Crippen LogP contribution in [-0.2, 0) is 0 Å². The van der Waals surface area contributed by atoms with Gasteiger partial charge in [0.15, 0.2) is 0 Å². The lowest BCUT2D eigenvalue weighted by Gasteiger charge is -2.09. The van der Waals surface area contributed by atoms with Crippen LogP contribution in [0.1, 0.15) is 11.3 Å². The first-order valence-corrected chi connectivity index (χ1v) is 6.53. The third-order valence-electron chi connectivity index (χ3n) is 2.32. The number of rotatable bonds is 3. The van der Waals surface area contributed by atoms with E-state index in [-0.39, 0.29) is 4.99 Å². The van der Waals surface area contributed by atoms with Crippen molar-refractivity contribution in [3.05, 3.63) is 51.6 Å². The van der Waals surface area contributed by atoms with Gasteiger partial charge in [0.2, 0.25) is 5.88 Å². The number of nitrogens with two attached hydrogens (primary N) is 1. The Bertz CT molecular complexity index is 647. The lowest BCUT2D eigenvalue weighted by atomic mass is 10.2. The monoisotopic (exact) mass is 312 g/mol. The van der Waals surface area contributed by atoms with E-state index in [9.17, 15) is 0 Å². The first kappa shape index (κ1) is 14.1. The van der Waals surface area contributed by atoms with Gasteiger partial charge in [0.05, 0.1) is 5.02 Å². The third-order valence-corrected chi connectivity index (χ3v) is 3.11. The van der Waals surface area contributed by atoms with Gasteiger partial charge in [0, 0.05) is 28.4 Å². The second kappa shape index (κ2) is 5.74. The normalized spacial score (nSPS) is 10.3. The maximum atomic E-state index is 6.03. The Labute approximate surface area is 126 Å². The van der Waals surface area contributed by atoms with Crippen LogP contribution >= 0.6 is 35.4 Å². The molecule has 0 amide bonds. The average Bonchev–Trinajstić information content (AvgIpc) is 2.33. The van der Waals surface area contributed by atoms with Crippen LogP contribution in [0, 0.1) is 6.92 Å². The van der Waals surface area contributed by atoms with Crippen LogP contribution < -0.4 is 10.5 Å². The van der Waals surface area contributed by atoms with Crippen LogP contribution in [0.3, 0.4) is 0 Å². The summed E-state index contributed by atoms with van der Waals surface area (Å²) < 4.78 is 5.62. The molecule has 1 aromatic heterocycles. The second-order valence-electron chi connectivity index (χ2n) is 3.88. The fraction of sp³-hybridized carbons (Fsp3) is 0.0769. The van der Waals surface area contributed by atoms with Crippen molar-refractivity contribution >= 4 is 40.4 Å². The van der Waals surface area contributed by atoms with E-state index in [0.717, 1.165) is 5.69 Å². The minimum Gasteiger partial charge on any atom is -0.437 e. The topological polar surface area (TPSA) is 48.1 Å². The van der Waals surface area contributed by atoms with Crippen molar-refractivity contribution in [1.29, 1.82) is 0 Å². The molecular formula is C13H10Cl2N2OS. The van der Waals surface area contributed by atoms with Crippen molar-refractivity contribution in [2.75, 3.05) is 0 Å². The SMILES string of the molecule is Cc1cc(C(N)=S)cc(Oc2cc(Cl)ccc2Cl)n1. The van der Waals surface area contributed by atoms with Crippen LogP contribution in [0.25, 0.3) is 0 Å². The zero-order valence-electron chi connectivity index (χ0n) is 9.98. The molecule has 98 valence electrons. The summed E-state index contributed by atoms with van der Waals surface area (Å²) in [6.07, 6.45) is 0. The highest BCUT2D eigenvalue weighted by molar-refractivity contribution is 7.80. The molecule has 0 radical (unpaired) electrons. The van der Waals surface area contributed by atoms with Crippen molar-refractivity contribution in [3.63, 3.8) is 0 Å². The lowest BCUT2D eigenvalue weighted by molar-refractivity contribution is 0.462. The number of pyridine rings is 1. The van der Waals surface area contributed by atoms with E-state index in [1.54, 1.807) is 30.3 Å². The Morgan fingerprint density at radius 2 is 2.00 bits per heavy atom. The van der Waals surface area contributed by atoms with Gasteiger partial charge in [-0.2, -0.15) is 0 Å². The van der Waals surface area contributed by atoms with Crippen molar-refractivity contribution < 1.29 is 4.74 Å². The molecule has 2 N–H and O–H groups in total. The fourth-order valence-electron chi connectivity index (χ4n) is 1.50. The number of hydrogen-bond acceptors (Lipinski definition) is 3. The van der Waals surface area contributed by atoms with E-state index in [1.165, 1.54) is 0 Å². The summed E-state index contributed by atoms with van der Waals surface area (Å²) >= 11 is 16.9. The first-order valence-electron chi connectivity index (χ1n) is 5.37. The van der Waals surface area contributed by atoms with Crippen LogP contribution in [-0.4, -0.2) is 9.97 Å². The Morgan fingerprint density at radius 1 is 1.26 bits per heavy atom. The van der Waals surface area contributed by atoms with Gasteiger partial charge < -0.3 is 10.5 Å². The molecule has 0 bridgehead atoms. The maximum absolute atomic E-state index is 6.03. The zero-order valence-corrected chi connectivity index (χ0v) is 12.3. The predicted molar refractivity (Wildman–Crippen MR) is 81.4 cm³/mol. The van der Waals surface area contributed by atoms with Crippen LogP contribution in [0.2, 0.25) is 10.0 Å². The van der Waals surface area contributed by atoms with Gasteiger partial charge >= 0.3 is 0 Å². The lowest BCUT2D eigenvalue weighted by Crippen LogP contribution is -2.10. The predicted octanol–water partition coefficient (Wildman–Crippen LogP) is 4.12. The number of ether oxygens (including phenoxy) is 1. The van der Waals surface area contributed by atoms with E-state index in [2.05, 4.69) is 4.98 Å². The molecule has 3 nitrogen and oxygen atoms in total. The molecule has 0 saturated carbocycles. The summed E-state index contributed by atoms with van der Waals surface area (Å²) in [5.74, 6) is 0.799. The summed E-state index contributed by atoms with van der Waals surface area (Å²) in [5.41, 5.74) is 7.04. The van der Waals surface area contributed by atoms with Gasteiger partial charge in [-0.15, -0.1) is 0 Å². The molecule has 1 aromatic carbocycles. The highest BCUT2D eigenvalue weighted by Gasteiger charge is 2.08. The number of aryl methyl sites for hydroxylation is 1. The molecule has 0 unspecified atom stereocenters. The van der Waals surface area contributed by atoms with E-state index < -0.39 is 0 Å². The van der Waals surface area contributed by atoms with Gasteiger partial charge in [-0.05, 0) is 25.1 Å². The van der Waals surface area contributed by atoms with Crippen molar-refractivity contribution in [3.8, 4) is 11.6 Å². The molecule has 19 heavy (non-hydrogen) atoms. The molecule has 0 aliphatic heterocycles. The summed E-state index contributed by atoms with van der Waals surface area (Å²) in [7, 11) is 0. The zero-order chi connectivity index (χ0) is 14.0. The van der Waals surface area contributed by atoms with Gasteiger partial charge in [0.25, 0.3) is 0 Å². The van der Waals surface area contributed by atoms with Crippen LogP contribution in [0.4, 0.5) is 0 Å². The summed E-state index contributed by atoms with van der Waals surface area (Å²) in [5, 5.41) is 0.978. The highest BCUT2D eigenvalue weighted by atomic mass is 35.5. The van der Waals surface area contributed by atoms with Gasteiger partial charge in [-0.3, -0.25) is 0 Å². The number of benzene rings is 1. The van der Waals surface area contributed by atoms with Gasteiger partial charge in [0.1, 0.15) is 10.7 Å². The van der Waals surface area contributed by atoms with Crippen LogP contribution in [0.5, 0.6) is 11.6 Å². The molecule has 2 aromatic rings. The standard InChI is InChI=1S/C13H10Cl2N2OS/c1-7-4-8(13(16)19)5-12(17-7)18-11-6-9(14)2-3-10(11)15/h2-6H,1H3,(H2,16,19). The number of halogens is 2. The van der Waals surface area contributed by atoms with Crippen molar-refractivity contribution in [2.45, 2.75) is 6.92 Å². The Kier molecular flexibility index (Phi) is 4.24. The summed E-state index contributed by atoms with van der Waals surface area (Å²) in [4.78, 5) is 4.53. The molecule has 0 saturated heterocycles. The molecule has 2 rings (SSSR count). The van der Waals surface area contributed by atoms with Crippen molar-refractivity contribution in [1.82, 2.24) is 4.98 Å². The fourth-order valence-corrected chi connectivity index (χ4v) is 1.94. The largest absolute Gasteiger partial charge is 0.437 e. The average molecular weight is 313 g/mol. The van der Waals surface area contributed by atoms with E-state index in [1.807, 2.05) is 6.92 Å². The third kappa shape index (κ3) is 3.56. The van der Waals surface area contributed by atoms with E-state index in [0.29, 0.717) is 27.2 Å². The quantitative estimate of drug-likeness (QED) is 0.866. The Morgan fingerprint density at radius 3 is 2.68 bits per heavy atom. The molecular weight excluding hydrogens is 303 g/mol. The molecule has 0 aliphatic carbocycles. The first-order chi connectivity index (χ1) is 8.95. The second-order valence-corrected chi connectivity index (χ2v) is 5.16. The van der Waals surface area contributed by atoms with Gasteiger partial charge in [-0.1, -0.05) is 35.4 Å². The Balaban J connectivity index is 2.38. The minimum absolute atomic E-state index is 0.285. The van der Waals surface area contributed by atoms with Gasteiger partial charge in [-0.25, -0.2) is 4.98 Å². The van der Waals surface area contributed by atoms with E-state index in [4.69, 9.17) is 45.9 Å². The van der Waals surface area contributed by atoms with Crippen molar-refractivity contribution in [2.24, 2.45) is 5.73 Å². The van der Waals surface area contributed by atoms with E-state index >= 15 is 0 Å². The number of hydrogen-bond donors (Lipinski definition) is 1.